The number of hydrogen-bond acceptors (Lipinski definition) is 7. The van der Waals surface area contributed by atoms with Crippen LogP contribution >= 0.6 is 0 Å². The summed E-state index contributed by atoms with van der Waals surface area (Å²) in [6, 6.07) is 13.9. The predicted octanol–water partition coefficient (Wildman–Crippen LogP) is 3.90. The van der Waals surface area contributed by atoms with Gasteiger partial charge in [-0.25, -0.2) is 0 Å². The van der Waals surface area contributed by atoms with Gasteiger partial charge in [0.2, 0.25) is 0 Å². The highest BCUT2D eigenvalue weighted by Gasteiger charge is 2.13. The van der Waals surface area contributed by atoms with Crippen molar-refractivity contribution in [1.29, 1.82) is 5.26 Å². The fourth-order valence-corrected chi connectivity index (χ4v) is 2.76. The molecule has 0 atom stereocenters. The maximum absolute atomic E-state index is 12.2. The molecule has 0 radical (unpaired) electrons. The normalized spacial score (nSPS) is 10.7. The molecule has 0 unspecified atom stereocenters. The molecule has 2 aromatic carbocycles. The van der Waals surface area contributed by atoms with Gasteiger partial charge in [-0.3, -0.25) is 9.59 Å². The van der Waals surface area contributed by atoms with Crippen molar-refractivity contribution in [3.63, 3.8) is 0 Å². The van der Waals surface area contributed by atoms with Gasteiger partial charge in [0, 0.05) is 13.0 Å². The lowest BCUT2D eigenvalue weighted by atomic mass is 10.1. The summed E-state index contributed by atoms with van der Waals surface area (Å²) in [6.07, 6.45) is 2.87. The lowest BCUT2D eigenvalue weighted by molar-refractivity contribution is -0.134. The van der Waals surface area contributed by atoms with Gasteiger partial charge in [-0.1, -0.05) is 13.0 Å². The number of carbonyl (C=O) groups is 2. The topological polar surface area (TPSA) is 107 Å². The van der Waals surface area contributed by atoms with Crippen LogP contribution in [0.15, 0.2) is 48.0 Å². The largest absolute Gasteiger partial charge is 0.497 e. The third-order valence-corrected chi connectivity index (χ3v) is 4.48. The Kier molecular flexibility index (Phi) is 10.3. The van der Waals surface area contributed by atoms with Crippen molar-refractivity contribution in [2.45, 2.75) is 26.2 Å². The van der Waals surface area contributed by atoms with E-state index in [0.717, 1.165) is 12.2 Å². The number of amides is 1. The fraction of sp³-hybridized carbons (Fsp3) is 0.320. The summed E-state index contributed by atoms with van der Waals surface area (Å²) in [7, 11) is 3.04. The molecule has 0 saturated heterocycles. The van der Waals surface area contributed by atoms with E-state index < -0.39 is 11.9 Å². The van der Waals surface area contributed by atoms with E-state index in [1.165, 1.54) is 13.2 Å². The second kappa shape index (κ2) is 13.4. The summed E-state index contributed by atoms with van der Waals surface area (Å²) >= 11 is 0. The average Bonchev–Trinajstić information content (AvgIpc) is 2.84. The van der Waals surface area contributed by atoms with Crippen LogP contribution in [0.1, 0.15) is 31.7 Å². The first kappa shape index (κ1) is 25.3. The van der Waals surface area contributed by atoms with Crippen LogP contribution < -0.4 is 24.3 Å². The Bertz CT molecular complexity index is 1010. The van der Waals surface area contributed by atoms with Gasteiger partial charge in [-0.05, 0) is 60.9 Å². The van der Waals surface area contributed by atoms with Gasteiger partial charge < -0.3 is 24.3 Å². The van der Waals surface area contributed by atoms with Crippen molar-refractivity contribution in [3.8, 4) is 29.1 Å². The number of hydrogen-bond donors (Lipinski definition) is 1. The van der Waals surface area contributed by atoms with Crippen LogP contribution in [0.4, 0.5) is 0 Å². The van der Waals surface area contributed by atoms with Crippen molar-refractivity contribution in [3.05, 3.63) is 53.6 Å². The predicted molar refractivity (Wildman–Crippen MR) is 123 cm³/mol. The third kappa shape index (κ3) is 8.22. The Morgan fingerprint density at radius 3 is 2.39 bits per heavy atom. The number of ether oxygens (including phenoxy) is 4. The van der Waals surface area contributed by atoms with E-state index in [0.29, 0.717) is 36.6 Å². The van der Waals surface area contributed by atoms with Crippen molar-refractivity contribution in [2.24, 2.45) is 0 Å². The number of benzene rings is 2. The zero-order valence-corrected chi connectivity index (χ0v) is 19.1. The molecule has 0 aliphatic heterocycles. The highest BCUT2D eigenvalue weighted by Crippen LogP contribution is 2.29. The lowest BCUT2D eigenvalue weighted by Gasteiger charge is -2.11. The van der Waals surface area contributed by atoms with Gasteiger partial charge in [0.15, 0.2) is 11.5 Å². The summed E-state index contributed by atoms with van der Waals surface area (Å²) in [4.78, 5) is 24.2. The number of nitrogens with zero attached hydrogens (tertiary/aromatic N) is 1. The Balaban J connectivity index is 1.91. The first-order chi connectivity index (χ1) is 16.0. The molecule has 33 heavy (non-hydrogen) atoms. The first-order valence-corrected chi connectivity index (χ1v) is 10.6. The molecule has 1 amide bonds. The van der Waals surface area contributed by atoms with Crippen LogP contribution in [-0.2, 0) is 9.59 Å². The maximum atomic E-state index is 12.2. The number of rotatable bonds is 12. The highest BCUT2D eigenvalue weighted by molar-refractivity contribution is 6.01. The molecule has 174 valence electrons. The molecule has 0 spiro atoms. The van der Waals surface area contributed by atoms with Crippen LogP contribution in [-0.4, -0.2) is 39.2 Å². The molecular formula is C25H28N2O6. The van der Waals surface area contributed by atoms with E-state index in [-0.39, 0.29) is 17.7 Å². The molecule has 8 heteroatoms. The van der Waals surface area contributed by atoms with Crippen molar-refractivity contribution < 1.29 is 28.5 Å². The minimum atomic E-state index is -0.439. The number of methoxy groups -OCH3 is 2. The Labute approximate surface area is 193 Å². The van der Waals surface area contributed by atoms with Gasteiger partial charge in [0.1, 0.15) is 23.1 Å². The second-order valence-electron chi connectivity index (χ2n) is 6.94. The Hall–Kier alpha value is -3.99. The molecule has 0 fully saturated rings. The molecule has 0 aliphatic carbocycles. The fourth-order valence-electron chi connectivity index (χ4n) is 2.76. The number of nitriles is 1. The maximum Gasteiger partial charge on any atom is 0.311 e. The summed E-state index contributed by atoms with van der Waals surface area (Å²) < 4.78 is 21.4. The van der Waals surface area contributed by atoms with Gasteiger partial charge >= 0.3 is 5.97 Å². The molecule has 0 aromatic heterocycles. The highest BCUT2D eigenvalue weighted by atomic mass is 16.6. The van der Waals surface area contributed by atoms with Gasteiger partial charge in [0.05, 0.1) is 20.8 Å². The minimum Gasteiger partial charge on any atom is -0.497 e. The zero-order chi connectivity index (χ0) is 24.1. The monoisotopic (exact) mass is 452 g/mol. The van der Waals surface area contributed by atoms with E-state index in [2.05, 4.69) is 5.32 Å². The van der Waals surface area contributed by atoms with E-state index >= 15 is 0 Å². The summed E-state index contributed by atoms with van der Waals surface area (Å²) in [5.41, 5.74) is 0.551. The van der Waals surface area contributed by atoms with Gasteiger partial charge in [-0.15, -0.1) is 0 Å². The van der Waals surface area contributed by atoms with Crippen LogP contribution in [0.25, 0.3) is 6.08 Å². The lowest BCUT2D eigenvalue weighted by Crippen LogP contribution is -2.25. The molecular weight excluding hydrogens is 424 g/mol. The Morgan fingerprint density at radius 1 is 1.03 bits per heavy atom. The SMILES string of the molecule is CCCNC(=O)/C(C#N)=C/c1ccc(OC(=O)CCCOc2ccc(OC)cc2)c(OC)c1. The molecule has 0 aliphatic rings. The van der Waals surface area contributed by atoms with Gasteiger partial charge in [-0.2, -0.15) is 5.26 Å². The van der Waals surface area contributed by atoms with Gasteiger partial charge in [0.25, 0.3) is 5.91 Å². The molecule has 0 bridgehead atoms. The zero-order valence-electron chi connectivity index (χ0n) is 19.1. The second-order valence-corrected chi connectivity index (χ2v) is 6.94. The van der Waals surface area contributed by atoms with Crippen LogP contribution in [0.3, 0.4) is 0 Å². The third-order valence-electron chi connectivity index (χ3n) is 4.48. The van der Waals surface area contributed by atoms with E-state index in [9.17, 15) is 14.9 Å². The summed E-state index contributed by atoms with van der Waals surface area (Å²) in [6.45, 7) is 2.77. The molecule has 0 heterocycles. The first-order valence-electron chi connectivity index (χ1n) is 10.6. The summed E-state index contributed by atoms with van der Waals surface area (Å²) in [5, 5.41) is 11.9. The quantitative estimate of drug-likeness (QED) is 0.171. The minimum absolute atomic E-state index is 0.0212. The van der Waals surface area contributed by atoms with Crippen LogP contribution in [0.2, 0.25) is 0 Å². The number of carbonyl (C=O) groups excluding carboxylic acids is 2. The number of esters is 1. The standard InChI is InChI=1S/C25H28N2O6/c1-4-13-27-25(29)19(17-26)15-18-7-12-22(23(16-18)31-3)33-24(28)6-5-14-32-21-10-8-20(30-2)9-11-21/h7-12,15-16H,4-6,13-14H2,1-3H3,(H,27,29)/b19-15+. The smallest absolute Gasteiger partial charge is 0.311 e. The van der Waals surface area contributed by atoms with E-state index in [1.807, 2.05) is 13.0 Å². The molecule has 8 nitrogen and oxygen atoms in total. The van der Waals surface area contributed by atoms with Crippen LogP contribution in [0.5, 0.6) is 23.0 Å². The van der Waals surface area contributed by atoms with E-state index in [4.69, 9.17) is 18.9 Å². The average molecular weight is 453 g/mol. The number of nitrogens with one attached hydrogen (secondary N) is 1. The van der Waals surface area contributed by atoms with Crippen molar-refractivity contribution >= 4 is 18.0 Å². The van der Waals surface area contributed by atoms with Crippen molar-refractivity contribution in [2.75, 3.05) is 27.4 Å². The molecule has 2 aromatic rings. The van der Waals surface area contributed by atoms with Crippen molar-refractivity contribution in [1.82, 2.24) is 5.32 Å². The summed E-state index contributed by atoms with van der Waals surface area (Å²) in [5.74, 6) is 1.14. The van der Waals surface area contributed by atoms with Crippen LogP contribution in [0, 0.1) is 11.3 Å². The Morgan fingerprint density at radius 2 is 1.76 bits per heavy atom. The van der Waals surface area contributed by atoms with E-state index in [1.54, 1.807) is 49.6 Å². The molecule has 0 saturated carbocycles. The molecule has 2 rings (SSSR count). The molecule has 1 N–H and O–H groups in total.